The van der Waals surface area contributed by atoms with E-state index in [9.17, 15) is 0 Å². The molecule has 0 radical (unpaired) electrons. The molecule has 1 aliphatic heterocycles. The predicted molar refractivity (Wildman–Crippen MR) is 110 cm³/mol. The Hall–Kier alpha value is -3.83. The minimum Gasteiger partial charge on any atom is -0.457 e. The maximum Gasteiger partial charge on any atom is 0.216 e. The third-order valence-electron chi connectivity index (χ3n) is 4.57. The molecule has 0 saturated carbocycles. The maximum atomic E-state index is 5.88. The van der Waals surface area contributed by atoms with Gasteiger partial charge in [-0.25, -0.2) is 5.48 Å². The first-order valence-corrected chi connectivity index (χ1v) is 9.32. The summed E-state index contributed by atoms with van der Waals surface area (Å²) < 4.78 is 11.7. The van der Waals surface area contributed by atoms with Crippen molar-refractivity contribution < 1.29 is 14.3 Å². The summed E-state index contributed by atoms with van der Waals surface area (Å²) in [5, 5.41) is 1.02. The van der Waals surface area contributed by atoms with E-state index >= 15 is 0 Å². The van der Waals surface area contributed by atoms with E-state index in [2.05, 4.69) is 10.5 Å². The van der Waals surface area contributed by atoms with Gasteiger partial charge in [0.25, 0.3) is 0 Å². The second-order valence-corrected chi connectivity index (χ2v) is 6.62. The number of nitrogens with zero attached hydrogens (tertiary/aromatic N) is 1. The molecule has 5 rings (SSSR count). The zero-order valence-corrected chi connectivity index (χ0v) is 15.5. The molecule has 5 nitrogen and oxygen atoms in total. The van der Waals surface area contributed by atoms with Crippen LogP contribution in [0.5, 0.6) is 17.2 Å². The molecule has 1 atom stereocenters. The molecule has 0 saturated heterocycles. The average Bonchev–Trinajstić information content (AvgIpc) is 3.23. The Morgan fingerprint density at radius 2 is 1.52 bits per heavy atom. The number of nitrogens with one attached hydrogen (secondary N) is 1. The van der Waals surface area contributed by atoms with Crippen LogP contribution in [-0.4, -0.2) is 4.98 Å². The first kappa shape index (κ1) is 17.3. The van der Waals surface area contributed by atoms with E-state index < -0.39 is 0 Å². The highest BCUT2D eigenvalue weighted by Gasteiger charge is 2.20. The van der Waals surface area contributed by atoms with Gasteiger partial charge in [0.1, 0.15) is 23.4 Å². The number of hydrogen-bond acceptors (Lipinski definition) is 5. The van der Waals surface area contributed by atoms with Crippen molar-refractivity contribution >= 4 is 10.9 Å². The van der Waals surface area contributed by atoms with Gasteiger partial charge < -0.3 is 9.47 Å². The van der Waals surface area contributed by atoms with Crippen molar-refractivity contribution in [1.82, 2.24) is 10.5 Å². The molecule has 4 aromatic rings. The number of ether oxygens (including phenoxy) is 2. The lowest BCUT2D eigenvalue weighted by Crippen LogP contribution is -2.12. The summed E-state index contributed by atoms with van der Waals surface area (Å²) in [7, 11) is 0. The van der Waals surface area contributed by atoms with Gasteiger partial charge in [-0.2, -0.15) is 0 Å². The van der Waals surface area contributed by atoms with Gasteiger partial charge in [-0.05, 0) is 42.0 Å². The Morgan fingerprint density at radius 3 is 2.38 bits per heavy atom. The highest BCUT2D eigenvalue weighted by Crippen LogP contribution is 2.29. The largest absolute Gasteiger partial charge is 0.457 e. The predicted octanol–water partition coefficient (Wildman–Crippen LogP) is 5.52. The molecule has 1 N–H and O–H groups in total. The van der Waals surface area contributed by atoms with Crippen LogP contribution in [0.25, 0.3) is 10.9 Å². The molecular weight excluding hydrogens is 364 g/mol. The molecule has 0 bridgehead atoms. The van der Waals surface area contributed by atoms with Crippen LogP contribution in [0.4, 0.5) is 0 Å². The molecule has 3 aromatic carbocycles. The molecule has 29 heavy (non-hydrogen) atoms. The number of benzene rings is 3. The third-order valence-corrected chi connectivity index (χ3v) is 4.57. The normalized spacial score (nSPS) is 15.6. The lowest BCUT2D eigenvalue weighted by molar-refractivity contribution is 0.0273. The number of fused-ring (bicyclic) bond motifs is 1. The van der Waals surface area contributed by atoms with Crippen LogP contribution >= 0.6 is 0 Å². The van der Waals surface area contributed by atoms with Gasteiger partial charge >= 0.3 is 0 Å². The van der Waals surface area contributed by atoms with E-state index in [-0.39, 0.29) is 6.10 Å². The fourth-order valence-corrected chi connectivity index (χ4v) is 3.13. The first-order valence-electron chi connectivity index (χ1n) is 9.32. The third kappa shape index (κ3) is 3.90. The van der Waals surface area contributed by atoms with Crippen molar-refractivity contribution in [3.05, 3.63) is 109 Å². The fourth-order valence-electron chi connectivity index (χ4n) is 3.13. The number of aromatic nitrogens is 1. The van der Waals surface area contributed by atoms with Crippen molar-refractivity contribution in [3.8, 4) is 17.2 Å². The number of hydrogen-bond donors (Lipinski definition) is 1. The second kappa shape index (κ2) is 7.66. The molecule has 0 spiro atoms. The van der Waals surface area contributed by atoms with Crippen molar-refractivity contribution in [2.45, 2.75) is 6.10 Å². The Bertz CT molecular complexity index is 1160. The van der Waals surface area contributed by atoms with Crippen LogP contribution in [0.15, 0.2) is 103 Å². The van der Waals surface area contributed by atoms with Gasteiger partial charge in [0.15, 0.2) is 0 Å². The lowest BCUT2D eigenvalue weighted by atomic mass is 10.1. The van der Waals surface area contributed by atoms with Gasteiger partial charge in [-0.15, -0.1) is 0 Å². The van der Waals surface area contributed by atoms with Gasteiger partial charge in [-0.1, -0.05) is 48.5 Å². The minimum absolute atomic E-state index is 0.246. The van der Waals surface area contributed by atoms with Crippen molar-refractivity contribution in [2.75, 3.05) is 0 Å². The van der Waals surface area contributed by atoms with Crippen molar-refractivity contribution in [2.24, 2.45) is 0 Å². The molecule has 0 aliphatic carbocycles. The van der Waals surface area contributed by atoms with Crippen molar-refractivity contribution in [1.29, 1.82) is 0 Å². The molecule has 0 unspecified atom stereocenters. The van der Waals surface area contributed by atoms with Crippen LogP contribution in [0.3, 0.4) is 0 Å². The highest BCUT2D eigenvalue weighted by atomic mass is 16.7. The summed E-state index contributed by atoms with van der Waals surface area (Å²) in [5.41, 5.74) is 4.76. The smallest absolute Gasteiger partial charge is 0.216 e. The molecule has 142 valence electrons. The number of pyridine rings is 1. The number of rotatable bonds is 5. The van der Waals surface area contributed by atoms with E-state index in [4.69, 9.17) is 14.3 Å². The second-order valence-electron chi connectivity index (χ2n) is 6.62. The zero-order valence-electron chi connectivity index (χ0n) is 15.5. The van der Waals surface area contributed by atoms with Crippen LogP contribution in [-0.2, 0) is 4.84 Å². The molecule has 2 heterocycles. The Balaban J connectivity index is 1.27. The summed E-state index contributed by atoms with van der Waals surface area (Å²) >= 11 is 0. The Labute approximate surface area is 168 Å². The zero-order chi connectivity index (χ0) is 19.5. The Morgan fingerprint density at radius 1 is 0.759 bits per heavy atom. The topological polar surface area (TPSA) is 52.6 Å². The van der Waals surface area contributed by atoms with Gasteiger partial charge in [0, 0.05) is 11.5 Å². The summed E-state index contributed by atoms with van der Waals surface area (Å²) in [6.45, 7) is 0. The summed E-state index contributed by atoms with van der Waals surface area (Å²) in [4.78, 5) is 10.1. The SMILES string of the molecule is C1=C(Oc2cnc3ccccc3c2)NO[C@H]1c1ccc(Oc2ccccc2)cc1. The highest BCUT2D eigenvalue weighted by molar-refractivity contribution is 5.79. The van der Waals surface area contributed by atoms with E-state index in [1.807, 2.05) is 91.0 Å². The van der Waals surface area contributed by atoms with Gasteiger partial charge in [0.2, 0.25) is 5.88 Å². The lowest BCUT2D eigenvalue weighted by Gasteiger charge is -2.09. The molecular formula is C24H18N2O3. The summed E-state index contributed by atoms with van der Waals surface area (Å²) in [5.74, 6) is 2.77. The molecule has 0 fully saturated rings. The van der Waals surface area contributed by atoms with Crippen LogP contribution < -0.4 is 15.0 Å². The van der Waals surface area contributed by atoms with Gasteiger partial charge in [-0.3, -0.25) is 9.82 Å². The van der Waals surface area contributed by atoms with E-state index in [0.717, 1.165) is 28.0 Å². The number of hydroxylamine groups is 1. The standard InChI is InChI=1S/C24H18N2O3/c1-2-7-19(8-3-1)27-20-12-10-17(11-13-20)23-15-24(26-29-23)28-21-14-18-6-4-5-9-22(18)25-16-21/h1-16,23,26H/t23-/m1/s1. The van der Waals surface area contributed by atoms with Crippen molar-refractivity contribution in [3.63, 3.8) is 0 Å². The molecule has 0 amide bonds. The van der Waals surface area contributed by atoms with Crippen LogP contribution in [0.2, 0.25) is 0 Å². The van der Waals surface area contributed by atoms with Crippen LogP contribution in [0, 0.1) is 0 Å². The summed E-state index contributed by atoms with van der Waals surface area (Å²) in [6.07, 6.45) is 3.35. The van der Waals surface area contributed by atoms with Crippen LogP contribution in [0.1, 0.15) is 11.7 Å². The van der Waals surface area contributed by atoms with Gasteiger partial charge in [0.05, 0.1) is 11.7 Å². The number of para-hydroxylation sites is 2. The maximum absolute atomic E-state index is 5.88. The minimum atomic E-state index is -0.246. The molecule has 5 heteroatoms. The van der Waals surface area contributed by atoms with E-state index in [0.29, 0.717) is 11.6 Å². The summed E-state index contributed by atoms with van der Waals surface area (Å²) in [6, 6.07) is 27.3. The fraction of sp³-hybridized carbons (Fsp3) is 0.0417. The monoisotopic (exact) mass is 382 g/mol. The average molecular weight is 382 g/mol. The quantitative estimate of drug-likeness (QED) is 0.492. The molecule has 1 aliphatic rings. The van der Waals surface area contributed by atoms with E-state index in [1.54, 1.807) is 6.20 Å². The van der Waals surface area contributed by atoms with E-state index in [1.165, 1.54) is 0 Å². The first-order chi connectivity index (χ1) is 14.3. The molecule has 1 aromatic heterocycles. The Kier molecular flexibility index (Phi) is 4.56.